The first kappa shape index (κ1) is 8.37. The Kier molecular flexibility index (Phi) is 5.12. The quantitative estimate of drug-likeness (QED) is 0.570. The Labute approximate surface area is 55.9 Å². The summed E-state index contributed by atoms with van der Waals surface area (Å²) >= 11 is 0. The highest BCUT2D eigenvalue weighted by Crippen LogP contribution is 1.83. The van der Waals surface area contributed by atoms with Crippen LogP contribution in [0.1, 0.15) is 20.3 Å². The van der Waals surface area contributed by atoms with E-state index >= 15 is 0 Å². The third-order valence-electron chi connectivity index (χ3n) is 0.915. The molecule has 0 fully saturated rings. The van der Waals surface area contributed by atoms with Gasteiger partial charge >= 0.3 is 0 Å². The lowest BCUT2D eigenvalue weighted by Crippen LogP contribution is -1.86. The molecule has 0 saturated heterocycles. The normalized spacial score (nSPS) is 13.0. The summed E-state index contributed by atoms with van der Waals surface area (Å²) in [6.45, 7) is 3.81. The average molecular weight is 127 g/mol. The van der Waals surface area contributed by atoms with E-state index < -0.39 is 0 Å². The summed E-state index contributed by atoms with van der Waals surface area (Å²) in [5.41, 5.74) is 0.874. The van der Waals surface area contributed by atoms with Crippen molar-refractivity contribution in [2.45, 2.75) is 20.3 Å². The van der Waals surface area contributed by atoms with Crippen LogP contribution in [0.2, 0.25) is 0 Å². The van der Waals surface area contributed by atoms with E-state index in [1.807, 2.05) is 19.1 Å². The van der Waals surface area contributed by atoms with Gasteiger partial charge in [-0.15, -0.1) is 0 Å². The maximum Gasteiger partial charge on any atom is 0.134 e. The van der Waals surface area contributed by atoms with Gasteiger partial charge in [0.15, 0.2) is 0 Å². The van der Waals surface area contributed by atoms with Gasteiger partial charge in [0.05, 0.1) is 0 Å². The molecule has 0 spiro atoms. The molecule has 0 aliphatic rings. The van der Waals surface area contributed by atoms with Crippen LogP contribution in [0.25, 0.3) is 0 Å². The van der Waals surface area contributed by atoms with Crippen LogP contribution in [-0.2, 0) is 0 Å². The van der Waals surface area contributed by atoms with E-state index in [0.717, 1.165) is 12.1 Å². The fraction of sp³-hybridized carbons (Fsp3) is 0.571. The minimum Gasteiger partial charge on any atom is -0.375 e. The summed E-state index contributed by atoms with van der Waals surface area (Å²) < 4.78 is 0. The summed E-state index contributed by atoms with van der Waals surface area (Å²) in [5, 5.41) is 8.31. The third kappa shape index (κ3) is 5.24. The van der Waals surface area contributed by atoms with Crippen LogP contribution in [-0.4, -0.2) is 17.5 Å². The van der Waals surface area contributed by atoms with Crippen LogP contribution in [0.3, 0.4) is 0 Å². The predicted octanol–water partition coefficient (Wildman–Crippen LogP) is 1.36. The second-order valence-electron chi connectivity index (χ2n) is 1.75. The summed E-state index contributed by atoms with van der Waals surface area (Å²) in [6, 6.07) is 0. The largest absolute Gasteiger partial charge is 0.375 e. The second-order valence-corrected chi connectivity index (χ2v) is 1.75. The first-order chi connectivity index (χ1) is 4.31. The summed E-state index contributed by atoms with van der Waals surface area (Å²) in [5.74, 6) is 0. The van der Waals surface area contributed by atoms with Gasteiger partial charge in [0.25, 0.3) is 0 Å². The molecule has 0 radical (unpaired) electrons. The van der Waals surface area contributed by atoms with Crippen molar-refractivity contribution in [3.8, 4) is 0 Å². The molecule has 0 heterocycles. The lowest BCUT2D eigenvalue weighted by Gasteiger charge is -1.86. The van der Waals surface area contributed by atoms with Crippen molar-refractivity contribution < 1.29 is 5.11 Å². The van der Waals surface area contributed by atoms with E-state index in [1.165, 1.54) is 0 Å². The minimum absolute atomic E-state index is 0.111. The van der Waals surface area contributed by atoms with E-state index in [-0.39, 0.29) is 6.73 Å². The first-order valence-corrected chi connectivity index (χ1v) is 3.09. The van der Waals surface area contributed by atoms with Crippen molar-refractivity contribution in [1.29, 1.82) is 0 Å². The molecule has 0 amide bonds. The molecular formula is C7H13NO. The molecule has 0 aliphatic heterocycles. The molecule has 2 nitrogen and oxygen atoms in total. The topological polar surface area (TPSA) is 32.6 Å². The van der Waals surface area contributed by atoms with Crippen LogP contribution in [0.4, 0.5) is 0 Å². The molecule has 0 aromatic rings. The zero-order chi connectivity index (χ0) is 7.11. The van der Waals surface area contributed by atoms with Crippen LogP contribution in [0, 0.1) is 0 Å². The molecule has 52 valence electrons. The Hall–Kier alpha value is -0.630. The van der Waals surface area contributed by atoms with Crippen LogP contribution < -0.4 is 0 Å². The van der Waals surface area contributed by atoms with Crippen molar-refractivity contribution in [3.05, 3.63) is 12.2 Å². The Balaban J connectivity index is 3.60. The standard InChI is InChI=1S/C7H13NO/c1-3-4-5-7(2)8-6-9/h4-5,9H,3,6H2,1-2H3/b5-4-,8-7?. The number of hydrogen-bond donors (Lipinski definition) is 1. The first-order valence-electron chi connectivity index (χ1n) is 3.09. The second kappa shape index (κ2) is 5.51. The Bertz CT molecular complexity index is 116. The van der Waals surface area contributed by atoms with Crippen molar-refractivity contribution in [2.24, 2.45) is 4.99 Å². The molecule has 0 aromatic heterocycles. The van der Waals surface area contributed by atoms with Crippen LogP contribution in [0.5, 0.6) is 0 Å². The molecule has 0 aliphatic carbocycles. The SMILES string of the molecule is CC/C=C\C(C)=NCO. The van der Waals surface area contributed by atoms with Gasteiger partial charge in [-0.2, -0.15) is 0 Å². The Morgan fingerprint density at radius 3 is 2.78 bits per heavy atom. The highest BCUT2D eigenvalue weighted by molar-refractivity contribution is 5.92. The van der Waals surface area contributed by atoms with Gasteiger partial charge in [0.1, 0.15) is 6.73 Å². The summed E-state index contributed by atoms with van der Waals surface area (Å²) in [7, 11) is 0. The maximum absolute atomic E-state index is 8.31. The van der Waals surface area contributed by atoms with Gasteiger partial charge in [0, 0.05) is 5.71 Å². The molecular weight excluding hydrogens is 114 g/mol. The average Bonchev–Trinajstić information content (AvgIpc) is 1.85. The molecule has 0 atom stereocenters. The monoisotopic (exact) mass is 127 g/mol. The highest BCUT2D eigenvalue weighted by Gasteiger charge is 1.77. The fourth-order valence-corrected chi connectivity index (χ4v) is 0.453. The lowest BCUT2D eigenvalue weighted by molar-refractivity contribution is 0.309. The molecule has 0 unspecified atom stereocenters. The summed E-state index contributed by atoms with van der Waals surface area (Å²) in [6.07, 6.45) is 4.92. The zero-order valence-corrected chi connectivity index (χ0v) is 5.96. The number of allylic oxidation sites excluding steroid dienone is 2. The number of nitrogens with zero attached hydrogens (tertiary/aromatic N) is 1. The molecule has 0 saturated carbocycles. The van der Waals surface area contributed by atoms with Gasteiger partial charge in [0.2, 0.25) is 0 Å². The third-order valence-corrected chi connectivity index (χ3v) is 0.915. The smallest absolute Gasteiger partial charge is 0.134 e. The van der Waals surface area contributed by atoms with Crippen molar-refractivity contribution >= 4 is 5.71 Å². The van der Waals surface area contributed by atoms with Gasteiger partial charge in [-0.1, -0.05) is 13.0 Å². The zero-order valence-electron chi connectivity index (χ0n) is 5.96. The van der Waals surface area contributed by atoms with Gasteiger partial charge in [-0.05, 0) is 19.4 Å². The highest BCUT2D eigenvalue weighted by atomic mass is 16.3. The van der Waals surface area contributed by atoms with E-state index in [4.69, 9.17) is 5.11 Å². The molecule has 9 heavy (non-hydrogen) atoms. The number of rotatable bonds is 3. The van der Waals surface area contributed by atoms with Crippen molar-refractivity contribution in [1.82, 2.24) is 0 Å². The van der Waals surface area contributed by atoms with Crippen molar-refractivity contribution in [3.63, 3.8) is 0 Å². The summed E-state index contributed by atoms with van der Waals surface area (Å²) in [4.78, 5) is 3.75. The van der Waals surface area contributed by atoms with Gasteiger partial charge in [-0.25, -0.2) is 0 Å². The Morgan fingerprint density at radius 1 is 1.67 bits per heavy atom. The molecule has 0 bridgehead atoms. The van der Waals surface area contributed by atoms with Gasteiger partial charge in [-0.3, -0.25) is 4.99 Å². The number of aliphatic hydroxyl groups excluding tert-OH is 1. The van der Waals surface area contributed by atoms with Gasteiger partial charge < -0.3 is 5.11 Å². The van der Waals surface area contributed by atoms with E-state index in [2.05, 4.69) is 11.9 Å². The molecule has 0 aromatic carbocycles. The van der Waals surface area contributed by atoms with Crippen molar-refractivity contribution in [2.75, 3.05) is 6.73 Å². The predicted molar refractivity (Wildman–Crippen MR) is 39.6 cm³/mol. The number of aliphatic hydroxyl groups is 1. The molecule has 0 rings (SSSR count). The Morgan fingerprint density at radius 2 is 2.33 bits per heavy atom. The number of hydrogen-bond acceptors (Lipinski definition) is 2. The van der Waals surface area contributed by atoms with Crippen LogP contribution >= 0.6 is 0 Å². The fourth-order valence-electron chi connectivity index (χ4n) is 0.453. The van der Waals surface area contributed by atoms with E-state index in [1.54, 1.807) is 0 Å². The van der Waals surface area contributed by atoms with E-state index in [0.29, 0.717) is 0 Å². The lowest BCUT2D eigenvalue weighted by atomic mass is 10.3. The molecule has 2 heteroatoms. The minimum atomic E-state index is -0.111. The molecule has 1 N–H and O–H groups in total. The maximum atomic E-state index is 8.31. The van der Waals surface area contributed by atoms with E-state index in [9.17, 15) is 0 Å². The van der Waals surface area contributed by atoms with Crippen LogP contribution in [0.15, 0.2) is 17.1 Å². The number of aliphatic imine (C=N–C) groups is 1.